The third kappa shape index (κ3) is 4.26. The molecule has 0 spiro atoms. The van der Waals surface area contributed by atoms with Crippen LogP contribution in [0.25, 0.3) is 76.8 Å². The van der Waals surface area contributed by atoms with Crippen LogP contribution in [0.3, 0.4) is 0 Å². The molecule has 42 heavy (non-hydrogen) atoms. The summed E-state index contributed by atoms with van der Waals surface area (Å²) in [6.45, 7) is 0. The highest BCUT2D eigenvalue weighted by Crippen LogP contribution is 2.37. The molecule has 8 aromatic rings. The molecular weight excluding hydrogens is 504 g/mol. The molecule has 196 valence electrons. The Bertz CT molecular complexity index is 2220. The van der Waals surface area contributed by atoms with E-state index >= 15 is 0 Å². The molecule has 0 unspecified atom stereocenters. The van der Waals surface area contributed by atoms with Gasteiger partial charge in [0.1, 0.15) is 0 Å². The van der Waals surface area contributed by atoms with Crippen molar-refractivity contribution in [3.63, 3.8) is 0 Å². The van der Waals surface area contributed by atoms with Crippen LogP contribution < -0.4 is 0 Å². The molecule has 0 bridgehead atoms. The zero-order valence-corrected chi connectivity index (χ0v) is 23.2. The SMILES string of the molecule is c1ccc(-c2ccc(-c3ccc(-c4ccc5cc(-c6cccc7ccccc67)ccc5c4)cc3)c3ccccc23)cc1. The van der Waals surface area contributed by atoms with Gasteiger partial charge in [-0.3, -0.25) is 0 Å². The summed E-state index contributed by atoms with van der Waals surface area (Å²) in [6.07, 6.45) is 0. The summed E-state index contributed by atoms with van der Waals surface area (Å²) in [5, 5.41) is 7.63. The average molecular weight is 533 g/mol. The maximum atomic E-state index is 2.31. The van der Waals surface area contributed by atoms with Crippen LogP contribution in [0.15, 0.2) is 170 Å². The van der Waals surface area contributed by atoms with Gasteiger partial charge in [-0.1, -0.05) is 158 Å². The second kappa shape index (κ2) is 10.2. The van der Waals surface area contributed by atoms with E-state index < -0.39 is 0 Å². The molecule has 0 aliphatic rings. The first-order valence-electron chi connectivity index (χ1n) is 14.5. The molecule has 8 aromatic carbocycles. The molecule has 0 amide bonds. The zero-order valence-electron chi connectivity index (χ0n) is 23.2. The number of fused-ring (bicyclic) bond motifs is 3. The first-order chi connectivity index (χ1) is 20.8. The highest BCUT2D eigenvalue weighted by Gasteiger charge is 2.10. The maximum Gasteiger partial charge on any atom is -0.00992 e. The normalized spacial score (nSPS) is 11.3. The molecule has 0 aliphatic carbocycles. The summed E-state index contributed by atoms with van der Waals surface area (Å²) in [7, 11) is 0. The Morgan fingerprint density at radius 3 is 1.40 bits per heavy atom. The van der Waals surface area contributed by atoms with Crippen molar-refractivity contribution in [1.29, 1.82) is 0 Å². The summed E-state index contributed by atoms with van der Waals surface area (Å²) in [5.41, 5.74) is 10.00. The van der Waals surface area contributed by atoms with Crippen molar-refractivity contribution in [2.75, 3.05) is 0 Å². The van der Waals surface area contributed by atoms with Crippen LogP contribution in [0.5, 0.6) is 0 Å². The van der Waals surface area contributed by atoms with Gasteiger partial charge >= 0.3 is 0 Å². The van der Waals surface area contributed by atoms with Crippen molar-refractivity contribution < 1.29 is 0 Å². The fourth-order valence-corrected chi connectivity index (χ4v) is 6.33. The van der Waals surface area contributed by atoms with E-state index in [0.717, 1.165) is 0 Å². The Morgan fingerprint density at radius 2 is 0.690 bits per heavy atom. The van der Waals surface area contributed by atoms with Gasteiger partial charge in [0.15, 0.2) is 0 Å². The molecule has 0 heteroatoms. The minimum atomic E-state index is 1.23. The van der Waals surface area contributed by atoms with Crippen LogP contribution in [0.4, 0.5) is 0 Å². The summed E-state index contributed by atoms with van der Waals surface area (Å²) < 4.78 is 0. The van der Waals surface area contributed by atoms with Gasteiger partial charge in [-0.2, -0.15) is 0 Å². The first kappa shape index (κ1) is 24.3. The lowest BCUT2D eigenvalue weighted by atomic mass is 9.91. The lowest BCUT2D eigenvalue weighted by Gasteiger charge is -2.13. The molecule has 0 fully saturated rings. The Labute approximate surface area is 246 Å². The van der Waals surface area contributed by atoms with Gasteiger partial charge in [0.05, 0.1) is 0 Å². The van der Waals surface area contributed by atoms with Gasteiger partial charge in [0.2, 0.25) is 0 Å². The highest BCUT2D eigenvalue weighted by atomic mass is 14.1. The van der Waals surface area contributed by atoms with E-state index in [1.807, 2.05) is 0 Å². The van der Waals surface area contributed by atoms with Gasteiger partial charge in [0, 0.05) is 0 Å². The summed E-state index contributed by atoms with van der Waals surface area (Å²) >= 11 is 0. The summed E-state index contributed by atoms with van der Waals surface area (Å²) in [5.74, 6) is 0. The first-order valence-corrected chi connectivity index (χ1v) is 14.5. The number of hydrogen-bond acceptors (Lipinski definition) is 0. The topological polar surface area (TPSA) is 0 Å². The van der Waals surface area contributed by atoms with Gasteiger partial charge < -0.3 is 0 Å². The third-order valence-corrected chi connectivity index (χ3v) is 8.48. The smallest absolute Gasteiger partial charge is 0.00992 e. The third-order valence-electron chi connectivity index (χ3n) is 8.48. The van der Waals surface area contributed by atoms with Crippen molar-refractivity contribution >= 4 is 32.3 Å². The lowest BCUT2D eigenvalue weighted by molar-refractivity contribution is 1.61. The van der Waals surface area contributed by atoms with E-state index in [2.05, 4.69) is 170 Å². The van der Waals surface area contributed by atoms with Crippen LogP contribution in [0.1, 0.15) is 0 Å². The molecule has 0 N–H and O–H groups in total. The highest BCUT2D eigenvalue weighted by molar-refractivity contribution is 6.05. The fraction of sp³-hybridized carbons (Fsp3) is 0. The molecule has 0 radical (unpaired) electrons. The van der Waals surface area contributed by atoms with E-state index in [0.29, 0.717) is 0 Å². The summed E-state index contributed by atoms with van der Waals surface area (Å²) in [4.78, 5) is 0. The average Bonchev–Trinajstić information content (AvgIpc) is 3.07. The molecular formula is C42H28. The van der Waals surface area contributed by atoms with Crippen molar-refractivity contribution in [3.8, 4) is 44.5 Å². The molecule has 0 heterocycles. The monoisotopic (exact) mass is 532 g/mol. The number of hydrogen-bond donors (Lipinski definition) is 0. The molecule has 0 saturated heterocycles. The van der Waals surface area contributed by atoms with Gasteiger partial charge in [-0.25, -0.2) is 0 Å². The lowest BCUT2D eigenvalue weighted by Crippen LogP contribution is -1.87. The van der Waals surface area contributed by atoms with E-state index in [-0.39, 0.29) is 0 Å². The Kier molecular flexibility index (Phi) is 5.90. The minimum absolute atomic E-state index is 1.23. The molecule has 8 rings (SSSR count). The molecule has 0 aromatic heterocycles. The Balaban J connectivity index is 1.13. The Hall–Kier alpha value is -5.46. The minimum Gasteiger partial charge on any atom is -0.0622 e. The number of rotatable bonds is 4. The zero-order chi connectivity index (χ0) is 27.9. The predicted octanol–water partition coefficient (Wildman–Crippen LogP) is 11.8. The van der Waals surface area contributed by atoms with Gasteiger partial charge in [0.25, 0.3) is 0 Å². The number of benzene rings is 8. The van der Waals surface area contributed by atoms with E-state index in [1.165, 1.54) is 76.8 Å². The maximum absolute atomic E-state index is 2.31. The fourth-order valence-electron chi connectivity index (χ4n) is 6.33. The van der Waals surface area contributed by atoms with Crippen LogP contribution >= 0.6 is 0 Å². The second-order valence-electron chi connectivity index (χ2n) is 11.0. The van der Waals surface area contributed by atoms with Crippen LogP contribution in [0, 0.1) is 0 Å². The largest absolute Gasteiger partial charge is 0.0622 e. The summed E-state index contributed by atoms with van der Waals surface area (Å²) in [6, 6.07) is 61.7. The molecule has 0 aliphatic heterocycles. The van der Waals surface area contributed by atoms with Crippen LogP contribution in [-0.2, 0) is 0 Å². The van der Waals surface area contributed by atoms with E-state index in [1.54, 1.807) is 0 Å². The van der Waals surface area contributed by atoms with Crippen molar-refractivity contribution in [3.05, 3.63) is 170 Å². The van der Waals surface area contributed by atoms with E-state index in [4.69, 9.17) is 0 Å². The van der Waals surface area contributed by atoms with E-state index in [9.17, 15) is 0 Å². The molecule has 0 nitrogen and oxygen atoms in total. The Morgan fingerprint density at radius 1 is 0.214 bits per heavy atom. The van der Waals surface area contributed by atoms with Crippen LogP contribution in [0.2, 0.25) is 0 Å². The predicted molar refractivity (Wildman–Crippen MR) is 181 cm³/mol. The van der Waals surface area contributed by atoms with Crippen molar-refractivity contribution in [2.45, 2.75) is 0 Å². The van der Waals surface area contributed by atoms with Gasteiger partial charge in [-0.15, -0.1) is 0 Å². The quantitative estimate of drug-likeness (QED) is 0.211. The second-order valence-corrected chi connectivity index (χ2v) is 11.0. The van der Waals surface area contributed by atoms with Crippen molar-refractivity contribution in [2.24, 2.45) is 0 Å². The van der Waals surface area contributed by atoms with Gasteiger partial charge in [-0.05, 0) is 89.0 Å². The van der Waals surface area contributed by atoms with Crippen LogP contribution in [-0.4, -0.2) is 0 Å². The molecule has 0 saturated carbocycles. The molecule has 0 atom stereocenters. The standard InChI is InChI=1S/C42H28/c1-2-9-30(10-3-1)39-25-26-40(42-15-7-6-14-41(39)42)32-19-17-29(18-20-32)33-21-22-35-28-36(24-23-34(35)27-33)38-16-8-12-31-11-4-5-13-37(31)38/h1-28H. The van der Waals surface area contributed by atoms with Crippen molar-refractivity contribution in [1.82, 2.24) is 0 Å².